The maximum atomic E-state index is 11.8. The van der Waals surface area contributed by atoms with Crippen LogP contribution in [-0.2, 0) is 11.3 Å². The summed E-state index contributed by atoms with van der Waals surface area (Å²) in [6.07, 6.45) is 6.20. The Hall–Kier alpha value is -3.35. The van der Waals surface area contributed by atoms with E-state index in [0.717, 1.165) is 46.4 Å². The molecule has 1 aliphatic heterocycles. The number of likely N-dealkylation sites (N-methyl/N-ethyl adjacent to an activating group) is 1. The van der Waals surface area contributed by atoms with E-state index in [9.17, 15) is 4.79 Å². The van der Waals surface area contributed by atoms with Gasteiger partial charge in [0.1, 0.15) is 17.1 Å². The minimum Gasteiger partial charge on any atom is -0.481 e. The molecule has 1 amide bonds. The van der Waals surface area contributed by atoms with Crippen molar-refractivity contribution < 1.29 is 9.53 Å². The first kappa shape index (κ1) is 16.8. The minimum atomic E-state index is -0.0572. The molecule has 0 spiro atoms. The van der Waals surface area contributed by atoms with Crippen molar-refractivity contribution in [2.45, 2.75) is 19.4 Å². The molecule has 1 aliphatic carbocycles. The molecule has 1 saturated carbocycles. The number of ether oxygens (including phenoxy) is 1. The molecule has 5 rings (SSSR count). The zero-order valence-corrected chi connectivity index (χ0v) is 15.7. The van der Waals surface area contributed by atoms with Gasteiger partial charge in [-0.2, -0.15) is 0 Å². The topological polar surface area (TPSA) is 72.3 Å². The highest BCUT2D eigenvalue weighted by molar-refractivity contribution is 5.97. The summed E-state index contributed by atoms with van der Waals surface area (Å²) in [5.74, 6) is 2.08. The zero-order chi connectivity index (χ0) is 19.3. The average Bonchev–Trinajstić information content (AvgIpc) is 3.44. The largest absolute Gasteiger partial charge is 0.481 e. The van der Waals surface area contributed by atoms with Gasteiger partial charge in [-0.1, -0.05) is 12.7 Å². The van der Waals surface area contributed by atoms with Gasteiger partial charge in [0.25, 0.3) is 5.91 Å². The second-order valence-corrected chi connectivity index (χ2v) is 7.36. The fourth-order valence-electron chi connectivity index (χ4n) is 3.46. The van der Waals surface area contributed by atoms with E-state index in [2.05, 4.69) is 21.4 Å². The van der Waals surface area contributed by atoms with Crippen LogP contribution in [0.25, 0.3) is 17.2 Å². The monoisotopic (exact) mass is 375 g/mol. The van der Waals surface area contributed by atoms with E-state index in [4.69, 9.17) is 9.72 Å². The van der Waals surface area contributed by atoms with E-state index in [-0.39, 0.29) is 12.5 Å². The number of amides is 1. The lowest BCUT2D eigenvalue weighted by Crippen LogP contribution is -2.35. The number of fused-ring (bicyclic) bond motifs is 2. The van der Waals surface area contributed by atoms with Crippen LogP contribution in [-0.4, -0.2) is 34.1 Å². The number of imidazole rings is 1. The molecule has 2 aliphatic rings. The van der Waals surface area contributed by atoms with Crippen LogP contribution in [0.2, 0.25) is 0 Å². The predicted octanol–water partition coefficient (Wildman–Crippen LogP) is 3.58. The van der Waals surface area contributed by atoms with Crippen LogP contribution < -0.4 is 15.0 Å². The van der Waals surface area contributed by atoms with E-state index >= 15 is 0 Å². The summed E-state index contributed by atoms with van der Waals surface area (Å²) in [5, 5.41) is 3.37. The SMILES string of the molecule is C=Cc1cc2ncn(CC3CC3)c2nc1Nc1ccc2c(c1)OCC(=O)N2C. The normalized spacial score (nSPS) is 16.0. The molecule has 0 unspecified atom stereocenters. The van der Waals surface area contributed by atoms with Crippen LogP contribution in [0.15, 0.2) is 37.2 Å². The summed E-state index contributed by atoms with van der Waals surface area (Å²) in [6.45, 7) is 4.92. The van der Waals surface area contributed by atoms with Gasteiger partial charge in [0, 0.05) is 30.9 Å². The van der Waals surface area contributed by atoms with E-state index in [1.54, 1.807) is 18.0 Å². The smallest absolute Gasteiger partial charge is 0.264 e. The molecular weight excluding hydrogens is 354 g/mol. The number of rotatable bonds is 5. The van der Waals surface area contributed by atoms with E-state index in [1.165, 1.54) is 12.8 Å². The van der Waals surface area contributed by atoms with Crippen LogP contribution in [0.5, 0.6) is 5.75 Å². The molecule has 1 N–H and O–H groups in total. The molecular formula is C21H21N5O2. The lowest BCUT2D eigenvalue weighted by molar-refractivity contribution is -0.120. The Morgan fingerprint density at radius 1 is 1.36 bits per heavy atom. The number of nitrogens with zero attached hydrogens (tertiary/aromatic N) is 4. The summed E-state index contributed by atoms with van der Waals surface area (Å²) in [5.41, 5.74) is 4.23. The highest BCUT2D eigenvalue weighted by Crippen LogP contribution is 2.35. The third-order valence-corrected chi connectivity index (χ3v) is 5.30. The van der Waals surface area contributed by atoms with Crippen LogP contribution >= 0.6 is 0 Å². The van der Waals surface area contributed by atoms with Crippen molar-refractivity contribution in [3.63, 3.8) is 0 Å². The van der Waals surface area contributed by atoms with Crippen molar-refractivity contribution in [3.8, 4) is 5.75 Å². The molecule has 3 heterocycles. The number of anilines is 3. The number of nitrogens with one attached hydrogen (secondary N) is 1. The van der Waals surface area contributed by atoms with Gasteiger partial charge in [0.05, 0.1) is 12.0 Å². The van der Waals surface area contributed by atoms with Crippen molar-refractivity contribution in [1.82, 2.24) is 14.5 Å². The maximum absolute atomic E-state index is 11.8. The molecule has 7 heteroatoms. The summed E-state index contributed by atoms with van der Waals surface area (Å²) < 4.78 is 7.71. The van der Waals surface area contributed by atoms with E-state index in [1.807, 2.05) is 30.6 Å². The molecule has 3 aromatic rings. The zero-order valence-electron chi connectivity index (χ0n) is 15.7. The predicted molar refractivity (Wildman–Crippen MR) is 109 cm³/mol. The third kappa shape index (κ3) is 2.89. The quantitative estimate of drug-likeness (QED) is 0.738. The van der Waals surface area contributed by atoms with Gasteiger partial charge < -0.3 is 19.5 Å². The summed E-state index contributed by atoms with van der Waals surface area (Å²) in [7, 11) is 1.75. The number of benzene rings is 1. The first-order valence-electron chi connectivity index (χ1n) is 9.41. The first-order chi connectivity index (χ1) is 13.6. The number of hydrogen-bond acceptors (Lipinski definition) is 5. The van der Waals surface area contributed by atoms with Crippen molar-refractivity contribution in [2.75, 3.05) is 23.9 Å². The highest BCUT2D eigenvalue weighted by Gasteiger charge is 2.24. The summed E-state index contributed by atoms with van der Waals surface area (Å²) >= 11 is 0. The van der Waals surface area contributed by atoms with Crippen molar-refractivity contribution in [2.24, 2.45) is 5.92 Å². The van der Waals surface area contributed by atoms with Gasteiger partial charge >= 0.3 is 0 Å². The Labute approximate surface area is 162 Å². The van der Waals surface area contributed by atoms with Gasteiger partial charge in [0.15, 0.2) is 12.3 Å². The number of pyridine rings is 1. The molecule has 28 heavy (non-hydrogen) atoms. The fraction of sp³-hybridized carbons (Fsp3) is 0.286. The number of carbonyl (C=O) groups excluding carboxylic acids is 1. The Kier molecular flexibility index (Phi) is 3.82. The van der Waals surface area contributed by atoms with Crippen molar-refractivity contribution >= 4 is 40.3 Å². The molecule has 7 nitrogen and oxygen atoms in total. The molecule has 2 aromatic heterocycles. The van der Waals surface area contributed by atoms with Gasteiger partial charge in [-0.3, -0.25) is 4.79 Å². The molecule has 1 fully saturated rings. The van der Waals surface area contributed by atoms with E-state index in [0.29, 0.717) is 5.75 Å². The second kappa shape index (κ2) is 6.37. The maximum Gasteiger partial charge on any atom is 0.264 e. The lowest BCUT2D eigenvalue weighted by atomic mass is 10.2. The average molecular weight is 375 g/mol. The lowest BCUT2D eigenvalue weighted by Gasteiger charge is -2.26. The van der Waals surface area contributed by atoms with Crippen LogP contribution in [0.3, 0.4) is 0 Å². The van der Waals surface area contributed by atoms with Crippen LogP contribution in [0.4, 0.5) is 17.2 Å². The summed E-state index contributed by atoms with van der Waals surface area (Å²) in [6, 6.07) is 7.68. The fourth-order valence-corrected chi connectivity index (χ4v) is 3.46. The molecule has 0 atom stereocenters. The van der Waals surface area contributed by atoms with Crippen molar-refractivity contribution in [1.29, 1.82) is 0 Å². The highest BCUT2D eigenvalue weighted by atomic mass is 16.5. The standard InChI is InChI=1S/C21H21N5O2/c1-3-14-8-16-21(26(12-22-16)10-13-4-5-13)24-20(14)23-15-6-7-17-18(9-15)28-11-19(27)25(17)2/h3,6-9,12-13H,1,4-5,10-11H2,2H3,(H,23,24). The Balaban J connectivity index is 1.50. The second-order valence-electron chi connectivity index (χ2n) is 7.36. The number of hydrogen-bond donors (Lipinski definition) is 1. The van der Waals surface area contributed by atoms with Crippen LogP contribution in [0, 0.1) is 5.92 Å². The minimum absolute atomic E-state index is 0.0510. The van der Waals surface area contributed by atoms with Gasteiger partial charge in [-0.15, -0.1) is 0 Å². The van der Waals surface area contributed by atoms with Gasteiger partial charge in [-0.05, 0) is 37.0 Å². The van der Waals surface area contributed by atoms with Crippen LogP contribution in [0.1, 0.15) is 18.4 Å². The number of carbonyl (C=O) groups is 1. The molecule has 142 valence electrons. The summed E-state index contributed by atoms with van der Waals surface area (Å²) in [4.78, 5) is 22.7. The Morgan fingerprint density at radius 3 is 3.00 bits per heavy atom. The van der Waals surface area contributed by atoms with Gasteiger partial charge in [0.2, 0.25) is 0 Å². The van der Waals surface area contributed by atoms with E-state index < -0.39 is 0 Å². The number of aromatic nitrogens is 3. The molecule has 0 radical (unpaired) electrons. The molecule has 0 bridgehead atoms. The molecule has 0 saturated heterocycles. The first-order valence-corrected chi connectivity index (χ1v) is 9.41. The van der Waals surface area contributed by atoms with Crippen molar-refractivity contribution in [3.05, 3.63) is 42.7 Å². The van der Waals surface area contributed by atoms with Gasteiger partial charge in [-0.25, -0.2) is 9.97 Å². The Bertz CT molecular complexity index is 1100. The Morgan fingerprint density at radius 2 is 2.21 bits per heavy atom. The molecule has 1 aromatic carbocycles. The third-order valence-electron chi connectivity index (χ3n) is 5.30.